The summed E-state index contributed by atoms with van der Waals surface area (Å²) in [5.41, 5.74) is 0.794. The number of carbonyl (C=O) groups excluding carboxylic acids is 1. The number of nitriles is 1. The molecule has 0 aliphatic rings. The Morgan fingerprint density at radius 2 is 2.43 bits per heavy atom. The van der Waals surface area contributed by atoms with Gasteiger partial charge in [-0.3, -0.25) is 9.78 Å². The molecule has 0 saturated heterocycles. The van der Waals surface area contributed by atoms with Crippen molar-refractivity contribution in [2.24, 2.45) is 0 Å². The van der Waals surface area contributed by atoms with Gasteiger partial charge in [0.25, 0.3) is 5.91 Å². The third-order valence-corrected chi connectivity index (χ3v) is 2.53. The second-order valence-corrected chi connectivity index (χ2v) is 4.18. The lowest BCUT2D eigenvalue weighted by atomic mass is 10.2. The van der Waals surface area contributed by atoms with Crippen molar-refractivity contribution in [2.75, 3.05) is 5.32 Å². The third-order valence-electron chi connectivity index (χ3n) is 2.53. The Labute approximate surface area is 121 Å². The minimum absolute atomic E-state index is 0.0560. The number of hydrogen-bond acceptors (Lipinski definition) is 6. The van der Waals surface area contributed by atoms with Crippen LogP contribution in [0.3, 0.4) is 0 Å². The molecule has 0 bridgehead atoms. The van der Waals surface area contributed by atoms with Gasteiger partial charge in [-0.2, -0.15) is 5.26 Å². The van der Waals surface area contributed by atoms with Crippen molar-refractivity contribution < 1.29 is 9.32 Å². The zero-order chi connectivity index (χ0) is 15.1. The Kier molecular flexibility index (Phi) is 4.66. The fraction of sp³-hybridized carbons (Fsp3) is 0.143. The van der Waals surface area contributed by atoms with Crippen molar-refractivity contribution in [3.8, 4) is 6.07 Å². The predicted molar refractivity (Wildman–Crippen MR) is 74.6 cm³/mol. The smallest absolute Gasteiger partial charge is 0.263 e. The SMILES string of the molecule is Cc1cc(N/C=C(/C#N)C(=O)NCc2cccnc2)no1. The summed E-state index contributed by atoms with van der Waals surface area (Å²) < 4.78 is 4.86. The van der Waals surface area contributed by atoms with Gasteiger partial charge >= 0.3 is 0 Å². The molecule has 21 heavy (non-hydrogen) atoms. The zero-order valence-electron chi connectivity index (χ0n) is 11.3. The van der Waals surface area contributed by atoms with E-state index in [1.54, 1.807) is 31.5 Å². The van der Waals surface area contributed by atoms with Crippen LogP contribution in [0.2, 0.25) is 0 Å². The molecule has 0 saturated carbocycles. The van der Waals surface area contributed by atoms with Gasteiger partial charge < -0.3 is 15.2 Å². The molecule has 7 nitrogen and oxygen atoms in total. The summed E-state index contributed by atoms with van der Waals surface area (Å²) in [6.45, 7) is 2.04. The molecule has 2 heterocycles. The van der Waals surface area contributed by atoms with Gasteiger partial charge in [0.1, 0.15) is 17.4 Å². The van der Waals surface area contributed by atoms with E-state index >= 15 is 0 Å². The van der Waals surface area contributed by atoms with Crippen LogP contribution in [0, 0.1) is 18.3 Å². The van der Waals surface area contributed by atoms with Gasteiger partial charge in [-0.1, -0.05) is 11.2 Å². The first-order valence-corrected chi connectivity index (χ1v) is 6.16. The van der Waals surface area contributed by atoms with Crippen LogP contribution >= 0.6 is 0 Å². The van der Waals surface area contributed by atoms with Crippen molar-refractivity contribution in [2.45, 2.75) is 13.5 Å². The van der Waals surface area contributed by atoms with Crippen LogP contribution in [0.25, 0.3) is 0 Å². The van der Waals surface area contributed by atoms with Gasteiger partial charge in [-0.25, -0.2) is 0 Å². The van der Waals surface area contributed by atoms with Gasteiger partial charge in [-0.15, -0.1) is 0 Å². The van der Waals surface area contributed by atoms with Crippen molar-refractivity contribution in [1.82, 2.24) is 15.5 Å². The van der Waals surface area contributed by atoms with Crippen LogP contribution in [-0.2, 0) is 11.3 Å². The number of hydrogen-bond donors (Lipinski definition) is 2. The zero-order valence-corrected chi connectivity index (χ0v) is 11.3. The number of aryl methyl sites for hydroxylation is 1. The highest BCUT2D eigenvalue weighted by Crippen LogP contribution is 2.07. The van der Waals surface area contributed by atoms with Crippen molar-refractivity contribution in [3.63, 3.8) is 0 Å². The Bertz CT molecular complexity index is 685. The van der Waals surface area contributed by atoms with E-state index in [9.17, 15) is 4.79 Å². The number of carbonyl (C=O) groups is 1. The summed E-state index contributed by atoms with van der Waals surface area (Å²) >= 11 is 0. The van der Waals surface area contributed by atoms with Gasteiger partial charge in [0.15, 0.2) is 5.82 Å². The van der Waals surface area contributed by atoms with Gasteiger partial charge in [-0.05, 0) is 18.6 Å². The van der Waals surface area contributed by atoms with Gasteiger partial charge in [0, 0.05) is 31.2 Å². The number of amides is 1. The molecule has 106 valence electrons. The van der Waals surface area contributed by atoms with E-state index in [0.29, 0.717) is 18.1 Å². The van der Waals surface area contributed by atoms with Crippen LogP contribution in [0.15, 0.2) is 46.9 Å². The number of rotatable bonds is 5. The molecule has 2 rings (SSSR count). The highest BCUT2D eigenvalue weighted by Gasteiger charge is 2.09. The molecule has 0 spiro atoms. The summed E-state index contributed by atoms with van der Waals surface area (Å²) in [7, 11) is 0. The van der Waals surface area contributed by atoms with Crippen LogP contribution < -0.4 is 10.6 Å². The minimum Gasteiger partial charge on any atom is -0.360 e. The standard InChI is InChI=1S/C14H13N5O2/c1-10-5-13(19-21-10)17-9-12(6-15)14(20)18-8-11-3-2-4-16-7-11/h2-5,7,9H,8H2,1H3,(H,17,19)(H,18,20)/b12-9-. The normalized spacial score (nSPS) is 10.8. The second kappa shape index (κ2) is 6.86. The largest absolute Gasteiger partial charge is 0.360 e. The molecule has 0 aliphatic heterocycles. The number of aromatic nitrogens is 2. The van der Waals surface area contributed by atoms with Crippen molar-refractivity contribution >= 4 is 11.7 Å². The van der Waals surface area contributed by atoms with E-state index in [1.807, 2.05) is 12.1 Å². The lowest BCUT2D eigenvalue weighted by Gasteiger charge is -2.03. The van der Waals surface area contributed by atoms with Crippen molar-refractivity contribution in [1.29, 1.82) is 5.26 Å². The molecular weight excluding hydrogens is 270 g/mol. The second-order valence-electron chi connectivity index (χ2n) is 4.18. The molecule has 2 aromatic rings. The van der Waals surface area contributed by atoms with Crippen LogP contribution in [0.4, 0.5) is 5.82 Å². The molecule has 0 atom stereocenters. The number of nitrogens with one attached hydrogen (secondary N) is 2. The maximum absolute atomic E-state index is 11.9. The first-order chi connectivity index (χ1) is 10.2. The molecular formula is C14H13N5O2. The molecule has 0 unspecified atom stereocenters. The van der Waals surface area contributed by atoms with E-state index in [2.05, 4.69) is 20.8 Å². The monoisotopic (exact) mass is 283 g/mol. The highest BCUT2D eigenvalue weighted by molar-refractivity contribution is 5.97. The maximum Gasteiger partial charge on any atom is 0.263 e. The summed E-state index contributed by atoms with van der Waals surface area (Å²) in [4.78, 5) is 15.8. The molecule has 0 aliphatic carbocycles. The van der Waals surface area contributed by atoms with E-state index < -0.39 is 5.91 Å². The average molecular weight is 283 g/mol. The third kappa shape index (κ3) is 4.18. The Morgan fingerprint density at radius 1 is 1.57 bits per heavy atom. The molecule has 0 aromatic carbocycles. The first-order valence-electron chi connectivity index (χ1n) is 6.16. The molecule has 7 heteroatoms. The van der Waals surface area contributed by atoms with E-state index in [0.717, 1.165) is 5.56 Å². The van der Waals surface area contributed by atoms with Crippen LogP contribution in [-0.4, -0.2) is 16.0 Å². The van der Waals surface area contributed by atoms with Gasteiger partial charge in [0.2, 0.25) is 0 Å². The summed E-state index contributed by atoms with van der Waals surface area (Å²) in [5, 5.41) is 18.1. The van der Waals surface area contributed by atoms with Crippen molar-refractivity contribution in [3.05, 3.63) is 53.7 Å². The lowest BCUT2D eigenvalue weighted by molar-refractivity contribution is -0.117. The fourth-order valence-corrected chi connectivity index (χ4v) is 1.51. The number of pyridine rings is 1. The van der Waals surface area contributed by atoms with E-state index in [1.165, 1.54) is 6.20 Å². The Morgan fingerprint density at radius 3 is 3.05 bits per heavy atom. The average Bonchev–Trinajstić information content (AvgIpc) is 2.92. The summed E-state index contributed by atoms with van der Waals surface area (Å²) in [6.07, 6.45) is 4.58. The number of anilines is 1. The molecule has 1 amide bonds. The molecule has 0 radical (unpaired) electrons. The summed E-state index contributed by atoms with van der Waals surface area (Å²) in [6, 6.07) is 7.09. The topological polar surface area (TPSA) is 104 Å². The fourth-order valence-electron chi connectivity index (χ4n) is 1.51. The lowest BCUT2D eigenvalue weighted by Crippen LogP contribution is -2.24. The number of nitrogens with zero attached hydrogens (tertiary/aromatic N) is 3. The Hall–Kier alpha value is -3.14. The van der Waals surface area contributed by atoms with Crippen LogP contribution in [0.5, 0.6) is 0 Å². The predicted octanol–water partition coefficient (Wildman–Crippen LogP) is 1.51. The Balaban J connectivity index is 1.94. The van der Waals surface area contributed by atoms with Crippen LogP contribution in [0.1, 0.15) is 11.3 Å². The first kappa shape index (κ1) is 14.3. The van der Waals surface area contributed by atoms with Gasteiger partial charge in [0.05, 0.1) is 0 Å². The molecule has 2 aromatic heterocycles. The molecule has 0 fully saturated rings. The van der Waals surface area contributed by atoms with E-state index in [-0.39, 0.29) is 5.57 Å². The maximum atomic E-state index is 11.9. The quantitative estimate of drug-likeness (QED) is 0.636. The molecule has 2 N–H and O–H groups in total. The minimum atomic E-state index is -0.478. The highest BCUT2D eigenvalue weighted by atomic mass is 16.5. The summed E-state index contributed by atoms with van der Waals surface area (Å²) in [5.74, 6) is 0.583. The van der Waals surface area contributed by atoms with E-state index in [4.69, 9.17) is 9.78 Å².